The zero-order chi connectivity index (χ0) is 26.9. The Morgan fingerprint density at radius 3 is 2.56 bits per heavy atom. The molecule has 7 nitrogen and oxygen atoms in total. The third kappa shape index (κ3) is 4.66. The fourth-order valence-electron chi connectivity index (χ4n) is 4.70. The van der Waals surface area contributed by atoms with Gasteiger partial charge in [0, 0.05) is 5.56 Å². The normalized spacial score (nSPS) is 16.5. The molecular formula is C30H23FN2O5S. The number of aromatic nitrogens is 1. The van der Waals surface area contributed by atoms with Gasteiger partial charge < -0.3 is 14.2 Å². The first-order chi connectivity index (χ1) is 19.0. The predicted octanol–water partition coefficient (Wildman–Crippen LogP) is 3.85. The van der Waals surface area contributed by atoms with Crippen molar-refractivity contribution in [2.75, 3.05) is 19.8 Å². The Labute approximate surface area is 226 Å². The average molecular weight is 543 g/mol. The van der Waals surface area contributed by atoms with Crippen LogP contribution in [0.4, 0.5) is 4.39 Å². The van der Waals surface area contributed by atoms with Crippen molar-refractivity contribution >= 4 is 29.1 Å². The van der Waals surface area contributed by atoms with Crippen LogP contribution in [0.1, 0.15) is 29.7 Å². The van der Waals surface area contributed by atoms with Gasteiger partial charge in [-0.3, -0.25) is 9.36 Å². The van der Waals surface area contributed by atoms with E-state index in [-0.39, 0.29) is 17.7 Å². The molecule has 1 aromatic heterocycles. The van der Waals surface area contributed by atoms with Gasteiger partial charge in [0.2, 0.25) is 0 Å². The molecule has 0 amide bonds. The molecule has 1 atom stereocenters. The molecule has 0 aliphatic carbocycles. The number of thiazole rings is 1. The Bertz CT molecular complexity index is 1770. The van der Waals surface area contributed by atoms with Gasteiger partial charge in [-0.25, -0.2) is 14.2 Å². The van der Waals surface area contributed by atoms with Crippen molar-refractivity contribution in [2.45, 2.75) is 13.0 Å². The summed E-state index contributed by atoms with van der Waals surface area (Å²) >= 11 is 1.22. The van der Waals surface area contributed by atoms with Crippen LogP contribution in [0.25, 0.3) is 11.8 Å². The van der Waals surface area contributed by atoms with Crippen molar-refractivity contribution < 1.29 is 23.4 Å². The molecule has 0 N–H and O–H groups in total. The molecule has 0 radical (unpaired) electrons. The van der Waals surface area contributed by atoms with Crippen LogP contribution in [-0.4, -0.2) is 30.4 Å². The molecule has 3 aromatic carbocycles. The van der Waals surface area contributed by atoms with E-state index in [2.05, 4.69) is 0 Å². The Morgan fingerprint density at radius 2 is 1.82 bits per heavy atom. The number of halogens is 1. The number of esters is 1. The zero-order valence-electron chi connectivity index (χ0n) is 20.9. The van der Waals surface area contributed by atoms with E-state index in [1.807, 2.05) is 48.5 Å². The minimum absolute atomic E-state index is 0.148. The lowest BCUT2D eigenvalue weighted by Crippen LogP contribution is -2.40. The second-order valence-corrected chi connectivity index (χ2v) is 9.90. The van der Waals surface area contributed by atoms with E-state index in [4.69, 9.17) is 19.2 Å². The second kappa shape index (κ2) is 10.3. The Kier molecular flexibility index (Phi) is 6.58. The van der Waals surface area contributed by atoms with Crippen molar-refractivity contribution in [3.8, 4) is 11.5 Å². The highest BCUT2D eigenvalue weighted by Crippen LogP contribution is 2.35. The molecular weight excluding hydrogens is 519 g/mol. The van der Waals surface area contributed by atoms with Gasteiger partial charge in [0.25, 0.3) is 5.56 Å². The minimum atomic E-state index is -0.862. The van der Waals surface area contributed by atoms with Crippen LogP contribution in [0.2, 0.25) is 0 Å². The third-order valence-electron chi connectivity index (χ3n) is 6.42. The fraction of sp³-hybridized carbons (Fsp3) is 0.167. The van der Waals surface area contributed by atoms with E-state index >= 15 is 0 Å². The van der Waals surface area contributed by atoms with Gasteiger partial charge in [0.15, 0.2) is 16.3 Å². The van der Waals surface area contributed by atoms with Gasteiger partial charge in [-0.1, -0.05) is 59.9 Å². The first-order valence-electron chi connectivity index (χ1n) is 12.5. The number of rotatable bonds is 5. The third-order valence-corrected chi connectivity index (χ3v) is 7.41. The SMILES string of the molecule is CCOC(=O)C1=C(c2ccccc2)N=c2s/c(=C\c3ccc4c(c3)OCCO4)c(=O)n2[C@H]1c1ccc(F)cc1. The molecule has 0 saturated carbocycles. The monoisotopic (exact) mass is 542 g/mol. The highest BCUT2D eigenvalue weighted by molar-refractivity contribution is 7.07. The quantitative estimate of drug-likeness (QED) is 0.358. The number of carbonyl (C=O) groups excluding carboxylic acids is 1. The molecule has 6 rings (SSSR count). The standard InChI is InChI=1S/C30H23FN2O5S/c1-2-36-29(35)25-26(19-6-4-3-5-7-19)32-30-33(27(25)20-9-11-21(31)12-10-20)28(34)24(39-30)17-18-8-13-22-23(16-18)38-15-14-37-22/h3-13,16-17,27H,2,14-15H2,1H3/b24-17-/t27-/m0/s1. The van der Waals surface area contributed by atoms with Crippen molar-refractivity contribution in [2.24, 2.45) is 4.99 Å². The van der Waals surface area contributed by atoms with Crippen LogP contribution in [-0.2, 0) is 9.53 Å². The lowest BCUT2D eigenvalue weighted by Gasteiger charge is -2.25. The van der Waals surface area contributed by atoms with Crippen molar-refractivity contribution in [3.63, 3.8) is 0 Å². The average Bonchev–Trinajstić information content (AvgIpc) is 3.27. The van der Waals surface area contributed by atoms with Crippen LogP contribution in [0.5, 0.6) is 11.5 Å². The maximum atomic E-state index is 13.9. The lowest BCUT2D eigenvalue weighted by atomic mass is 9.93. The minimum Gasteiger partial charge on any atom is -0.486 e. The van der Waals surface area contributed by atoms with Crippen LogP contribution >= 0.6 is 11.3 Å². The number of nitrogens with zero attached hydrogens (tertiary/aromatic N) is 2. The number of carbonyl (C=O) groups is 1. The number of hydrogen-bond donors (Lipinski definition) is 0. The summed E-state index contributed by atoms with van der Waals surface area (Å²) in [5.41, 5.74) is 2.34. The van der Waals surface area contributed by atoms with Crippen LogP contribution in [0.3, 0.4) is 0 Å². The highest BCUT2D eigenvalue weighted by Gasteiger charge is 2.35. The van der Waals surface area contributed by atoms with Crippen LogP contribution < -0.4 is 24.4 Å². The lowest BCUT2D eigenvalue weighted by molar-refractivity contribution is -0.138. The molecule has 0 fully saturated rings. The molecule has 2 aliphatic heterocycles. The van der Waals surface area contributed by atoms with Gasteiger partial charge in [-0.15, -0.1) is 0 Å². The van der Waals surface area contributed by atoms with Crippen LogP contribution in [0, 0.1) is 5.82 Å². The Morgan fingerprint density at radius 1 is 1.08 bits per heavy atom. The summed E-state index contributed by atoms with van der Waals surface area (Å²) < 4.78 is 32.6. The van der Waals surface area contributed by atoms with E-state index in [0.717, 1.165) is 5.56 Å². The number of fused-ring (bicyclic) bond motifs is 2. The molecule has 0 unspecified atom stereocenters. The molecule has 0 spiro atoms. The summed E-state index contributed by atoms with van der Waals surface area (Å²) in [5.74, 6) is 0.260. The summed E-state index contributed by atoms with van der Waals surface area (Å²) in [6.45, 7) is 2.81. The van der Waals surface area contributed by atoms with Gasteiger partial charge >= 0.3 is 5.97 Å². The summed E-state index contributed by atoms with van der Waals surface area (Å²) in [5, 5.41) is 0. The molecule has 39 heavy (non-hydrogen) atoms. The summed E-state index contributed by atoms with van der Waals surface area (Å²) in [7, 11) is 0. The van der Waals surface area contributed by atoms with Gasteiger partial charge in [0.1, 0.15) is 19.0 Å². The number of hydrogen-bond acceptors (Lipinski definition) is 7. The van der Waals surface area contributed by atoms with Crippen LogP contribution in [0.15, 0.2) is 88.2 Å². The Hall–Kier alpha value is -4.50. The van der Waals surface area contributed by atoms with Gasteiger partial charge in [-0.05, 0) is 48.4 Å². The number of ether oxygens (including phenoxy) is 3. The first kappa shape index (κ1) is 24.8. The van der Waals surface area contributed by atoms with E-state index in [1.165, 1.54) is 28.0 Å². The summed E-state index contributed by atoms with van der Waals surface area (Å²) in [4.78, 5) is 32.6. The molecule has 9 heteroatoms. The molecule has 4 aromatic rings. The smallest absolute Gasteiger partial charge is 0.338 e. The molecule has 0 saturated heterocycles. The molecule has 0 bridgehead atoms. The maximum absolute atomic E-state index is 13.9. The zero-order valence-corrected chi connectivity index (χ0v) is 21.7. The van der Waals surface area contributed by atoms with Gasteiger partial charge in [-0.2, -0.15) is 0 Å². The van der Waals surface area contributed by atoms with E-state index in [1.54, 1.807) is 25.1 Å². The highest BCUT2D eigenvalue weighted by atomic mass is 32.1. The maximum Gasteiger partial charge on any atom is 0.338 e. The van der Waals surface area contributed by atoms with Crippen molar-refractivity contribution in [1.82, 2.24) is 4.57 Å². The molecule has 196 valence electrons. The number of benzene rings is 3. The Balaban J connectivity index is 1.60. The van der Waals surface area contributed by atoms with Gasteiger partial charge in [0.05, 0.1) is 28.5 Å². The topological polar surface area (TPSA) is 79.1 Å². The molecule has 3 heterocycles. The van der Waals surface area contributed by atoms with Crippen molar-refractivity contribution in [3.05, 3.63) is 121 Å². The summed E-state index contributed by atoms with van der Waals surface area (Å²) in [6, 6.07) is 19.7. The fourth-order valence-corrected chi connectivity index (χ4v) is 5.70. The first-order valence-corrected chi connectivity index (χ1v) is 13.3. The van der Waals surface area contributed by atoms with E-state index in [9.17, 15) is 14.0 Å². The molecule has 2 aliphatic rings. The van der Waals surface area contributed by atoms with E-state index < -0.39 is 17.8 Å². The predicted molar refractivity (Wildman–Crippen MR) is 145 cm³/mol. The van der Waals surface area contributed by atoms with E-state index in [0.29, 0.717) is 50.9 Å². The largest absolute Gasteiger partial charge is 0.486 e. The summed E-state index contributed by atoms with van der Waals surface area (Å²) in [6.07, 6.45) is 1.76. The van der Waals surface area contributed by atoms with Crippen molar-refractivity contribution in [1.29, 1.82) is 0 Å². The second-order valence-electron chi connectivity index (χ2n) is 8.89.